The maximum absolute atomic E-state index is 11.9. The largest absolute Gasteiger partial charge is 0.352 e. The highest BCUT2D eigenvalue weighted by Crippen LogP contribution is 2.12. The second kappa shape index (κ2) is 6.58. The van der Waals surface area contributed by atoms with Crippen molar-refractivity contribution in [1.82, 2.24) is 5.32 Å². The first-order valence-electron chi connectivity index (χ1n) is 6.79. The first-order chi connectivity index (χ1) is 8.42. The van der Waals surface area contributed by atoms with Crippen molar-refractivity contribution in [2.24, 2.45) is 5.41 Å². The van der Waals surface area contributed by atoms with E-state index in [0.717, 1.165) is 12.0 Å². The van der Waals surface area contributed by atoms with Crippen LogP contribution in [0.5, 0.6) is 0 Å². The first-order valence-corrected chi connectivity index (χ1v) is 6.79. The van der Waals surface area contributed by atoms with E-state index in [2.05, 4.69) is 45.1 Å². The summed E-state index contributed by atoms with van der Waals surface area (Å²) in [6.45, 7) is 9.22. The Morgan fingerprint density at radius 3 is 2.28 bits per heavy atom. The zero-order valence-corrected chi connectivity index (χ0v) is 12.0. The van der Waals surface area contributed by atoms with Gasteiger partial charge < -0.3 is 5.32 Å². The van der Waals surface area contributed by atoms with Gasteiger partial charge in [-0.15, -0.1) is 0 Å². The van der Waals surface area contributed by atoms with Crippen molar-refractivity contribution in [3.63, 3.8) is 0 Å². The minimum Gasteiger partial charge on any atom is -0.352 e. The van der Waals surface area contributed by atoms with E-state index in [-0.39, 0.29) is 11.3 Å². The molecule has 1 aromatic carbocycles. The van der Waals surface area contributed by atoms with Gasteiger partial charge >= 0.3 is 0 Å². The maximum Gasteiger partial charge on any atom is 0.251 e. The van der Waals surface area contributed by atoms with Crippen molar-refractivity contribution < 1.29 is 4.79 Å². The van der Waals surface area contributed by atoms with Gasteiger partial charge in [0.05, 0.1) is 0 Å². The van der Waals surface area contributed by atoms with E-state index in [1.807, 2.05) is 12.1 Å². The zero-order chi connectivity index (χ0) is 13.6. The molecule has 0 aliphatic rings. The quantitative estimate of drug-likeness (QED) is 0.842. The smallest absolute Gasteiger partial charge is 0.251 e. The topological polar surface area (TPSA) is 29.1 Å². The molecule has 2 nitrogen and oxygen atoms in total. The Labute approximate surface area is 111 Å². The minimum atomic E-state index is 0.0203. The van der Waals surface area contributed by atoms with Gasteiger partial charge in [0.1, 0.15) is 0 Å². The predicted octanol–water partition coefficient (Wildman–Crippen LogP) is 3.81. The van der Waals surface area contributed by atoms with Crippen LogP contribution in [0.4, 0.5) is 0 Å². The highest BCUT2D eigenvalue weighted by molar-refractivity contribution is 5.94. The summed E-state index contributed by atoms with van der Waals surface area (Å²) >= 11 is 0. The summed E-state index contributed by atoms with van der Waals surface area (Å²) < 4.78 is 0. The number of aryl methyl sites for hydroxylation is 1. The van der Waals surface area contributed by atoms with E-state index in [9.17, 15) is 4.79 Å². The van der Waals surface area contributed by atoms with Crippen LogP contribution in [0, 0.1) is 5.41 Å². The fourth-order valence-corrected chi connectivity index (χ4v) is 1.65. The molecule has 0 atom stereocenters. The molecule has 100 valence electrons. The summed E-state index contributed by atoms with van der Waals surface area (Å²) in [5.41, 5.74) is 2.18. The van der Waals surface area contributed by atoms with Crippen molar-refractivity contribution in [3.05, 3.63) is 35.4 Å². The van der Waals surface area contributed by atoms with E-state index in [0.29, 0.717) is 6.54 Å². The molecule has 0 spiro atoms. The van der Waals surface area contributed by atoms with Crippen molar-refractivity contribution in [2.45, 2.75) is 47.0 Å². The Morgan fingerprint density at radius 2 is 1.78 bits per heavy atom. The molecule has 0 bridgehead atoms. The molecule has 0 saturated carbocycles. The van der Waals surface area contributed by atoms with Gasteiger partial charge in [-0.25, -0.2) is 0 Å². The molecule has 1 aromatic rings. The lowest BCUT2D eigenvalue weighted by Gasteiger charge is -2.18. The Kier molecular flexibility index (Phi) is 5.39. The number of hydrogen-bond acceptors (Lipinski definition) is 1. The molecule has 0 unspecified atom stereocenters. The van der Waals surface area contributed by atoms with E-state index in [1.54, 1.807) is 0 Å². The molecule has 0 aliphatic heterocycles. The Morgan fingerprint density at radius 1 is 1.17 bits per heavy atom. The molecule has 0 radical (unpaired) electrons. The summed E-state index contributed by atoms with van der Waals surface area (Å²) in [6.07, 6.45) is 3.50. The normalized spacial score (nSPS) is 11.3. The maximum atomic E-state index is 11.9. The number of carbonyl (C=O) groups excluding carboxylic acids is 1. The van der Waals surface area contributed by atoms with Gasteiger partial charge in [0, 0.05) is 12.1 Å². The molecule has 1 rings (SSSR count). The number of hydrogen-bond donors (Lipinski definition) is 1. The monoisotopic (exact) mass is 247 g/mol. The van der Waals surface area contributed by atoms with Gasteiger partial charge in [0.25, 0.3) is 5.91 Å². The van der Waals surface area contributed by atoms with Crippen LogP contribution in [0.2, 0.25) is 0 Å². The lowest BCUT2D eigenvalue weighted by molar-refractivity contribution is 0.0939. The number of amides is 1. The summed E-state index contributed by atoms with van der Waals surface area (Å²) in [6, 6.07) is 7.95. The van der Waals surface area contributed by atoms with Crippen LogP contribution in [0.1, 0.15) is 56.5 Å². The van der Waals surface area contributed by atoms with Crippen molar-refractivity contribution in [1.29, 1.82) is 0 Å². The first kappa shape index (κ1) is 14.7. The fraction of sp³-hybridized carbons (Fsp3) is 0.562. The third-order valence-electron chi connectivity index (χ3n) is 2.81. The number of benzene rings is 1. The summed E-state index contributed by atoms with van der Waals surface area (Å²) in [5.74, 6) is 0.0203. The average Bonchev–Trinajstić information content (AvgIpc) is 2.33. The molecule has 0 saturated heterocycles. The van der Waals surface area contributed by atoms with Gasteiger partial charge in [-0.1, -0.05) is 46.2 Å². The van der Waals surface area contributed by atoms with Crippen molar-refractivity contribution in [2.75, 3.05) is 6.54 Å². The third kappa shape index (κ3) is 5.35. The van der Waals surface area contributed by atoms with Gasteiger partial charge in [0.2, 0.25) is 0 Å². The van der Waals surface area contributed by atoms with E-state index in [1.165, 1.54) is 18.4 Å². The predicted molar refractivity (Wildman–Crippen MR) is 76.8 cm³/mol. The number of nitrogens with one attached hydrogen (secondary N) is 1. The highest BCUT2D eigenvalue weighted by Gasteiger charge is 2.12. The SMILES string of the molecule is CCCCc1ccc(C(=O)NCC(C)(C)C)cc1. The summed E-state index contributed by atoms with van der Waals surface area (Å²) in [5, 5.41) is 2.96. The fourth-order valence-electron chi connectivity index (χ4n) is 1.65. The number of unbranched alkanes of at least 4 members (excludes halogenated alkanes) is 1. The average molecular weight is 247 g/mol. The molecule has 0 fully saturated rings. The van der Waals surface area contributed by atoms with Crippen molar-refractivity contribution >= 4 is 5.91 Å². The molecule has 0 aromatic heterocycles. The molecule has 1 N–H and O–H groups in total. The highest BCUT2D eigenvalue weighted by atomic mass is 16.1. The lowest BCUT2D eigenvalue weighted by Crippen LogP contribution is -2.32. The third-order valence-corrected chi connectivity index (χ3v) is 2.81. The Balaban J connectivity index is 2.54. The molecular formula is C16H25NO. The van der Waals surface area contributed by atoms with Crippen LogP contribution in [0.25, 0.3) is 0 Å². The van der Waals surface area contributed by atoms with Crippen LogP contribution in [-0.2, 0) is 6.42 Å². The Hall–Kier alpha value is -1.31. The molecular weight excluding hydrogens is 222 g/mol. The van der Waals surface area contributed by atoms with Gasteiger partial charge in [-0.3, -0.25) is 4.79 Å². The minimum absolute atomic E-state index is 0.0203. The van der Waals surface area contributed by atoms with E-state index >= 15 is 0 Å². The molecule has 0 heterocycles. The molecule has 18 heavy (non-hydrogen) atoms. The standard InChI is InChI=1S/C16H25NO/c1-5-6-7-13-8-10-14(11-9-13)15(18)17-12-16(2,3)4/h8-11H,5-7,12H2,1-4H3,(H,17,18). The lowest BCUT2D eigenvalue weighted by atomic mass is 9.97. The van der Waals surface area contributed by atoms with E-state index in [4.69, 9.17) is 0 Å². The van der Waals surface area contributed by atoms with Crippen LogP contribution in [-0.4, -0.2) is 12.5 Å². The van der Waals surface area contributed by atoms with Crippen LogP contribution in [0.15, 0.2) is 24.3 Å². The van der Waals surface area contributed by atoms with E-state index < -0.39 is 0 Å². The van der Waals surface area contributed by atoms with Crippen LogP contribution in [0.3, 0.4) is 0 Å². The second-order valence-electron chi connectivity index (χ2n) is 6.04. The summed E-state index contributed by atoms with van der Waals surface area (Å²) in [4.78, 5) is 11.9. The number of carbonyl (C=O) groups is 1. The Bertz CT molecular complexity index is 373. The van der Waals surface area contributed by atoms with Crippen LogP contribution < -0.4 is 5.32 Å². The van der Waals surface area contributed by atoms with Gasteiger partial charge in [-0.05, 0) is 36.0 Å². The zero-order valence-electron chi connectivity index (χ0n) is 12.0. The van der Waals surface area contributed by atoms with Crippen molar-refractivity contribution in [3.8, 4) is 0 Å². The molecule has 1 amide bonds. The van der Waals surface area contributed by atoms with Gasteiger partial charge in [-0.2, -0.15) is 0 Å². The number of rotatable bonds is 5. The molecule has 2 heteroatoms. The second-order valence-corrected chi connectivity index (χ2v) is 6.04. The van der Waals surface area contributed by atoms with Gasteiger partial charge in [0.15, 0.2) is 0 Å². The van der Waals surface area contributed by atoms with Crippen LogP contribution >= 0.6 is 0 Å². The molecule has 0 aliphatic carbocycles. The summed E-state index contributed by atoms with van der Waals surface area (Å²) in [7, 11) is 0.